The van der Waals surface area contributed by atoms with Crippen LogP contribution in [0.4, 0.5) is 0 Å². The van der Waals surface area contributed by atoms with Crippen LogP contribution < -0.4 is 0 Å². The van der Waals surface area contributed by atoms with Crippen LogP contribution in [0.3, 0.4) is 0 Å². The molecule has 4 saturated carbocycles. The quantitative estimate of drug-likeness (QED) is 0.181. The molecule has 52 heavy (non-hydrogen) atoms. The summed E-state index contributed by atoms with van der Waals surface area (Å²) in [5.41, 5.74) is 11.7. The van der Waals surface area contributed by atoms with Gasteiger partial charge in [-0.05, 0) is 113 Å². The lowest BCUT2D eigenvalue weighted by atomic mass is 9.43. The third-order valence-corrected chi connectivity index (χ3v) is 15.0. The number of hydrogen-bond acceptors (Lipinski definition) is 3. The summed E-state index contributed by atoms with van der Waals surface area (Å²) in [6.45, 7) is 0. The Morgan fingerprint density at radius 2 is 1.31 bits per heavy atom. The van der Waals surface area contributed by atoms with Crippen LogP contribution >= 0.6 is 11.3 Å². The van der Waals surface area contributed by atoms with Crippen molar-refractivity contribution in [2.75, 3.05) is 0 Å². The molecule has 0 saturated heterocycles. The molecule has 14 rings (SSSR count). The summed E-state index contributed by atoms with van der Waals surface area (Å²) in [4.78, 5) is 11.1. The minimum Gasteiger partial charge on any atom is -0.278 e. The van der Waals surface area contributed by atoms with E-state index in [0.29, 0.717) is 11.8 Å². The van der Waals surface area contributed by atoms with Crippen LogP contribution in [0, 0.1) is 23.7 Å². The van der Waals surface area contributed by atoms with E-state index in [0.717, 1.165) is 39.3 Å². The zero-order chi connectivity index (χ0) is 33.7. The number of aromatic nitrogens is 3. The monoisotopic (exact) mass is 685 g/mol. The van der Waals surface area contributed by atoms with Crippen molar-refractivity contribution in [1.82, 2.24) is 14.5 Å². The molecule has 3 aromatic heterocycles. The van der Waals surface area contributed by atoms with Crippen LogP contribution in [-0.4, -0.2) is 14.5 Å². The van der Waals surface area contributed by atoms with Crippen LogP contribution in [-0.2, 0) is 5.41 Å². The second-order valence-corrected chi connectivity index (χ2v) is 17.2. The molecule has 5 aliphatic carbocycles. The molecule has 9 aromatic rings. The van der Waals surface area contributed by atoms with E-state index in [1.807, 2.05) is 0 Å². The molecular weight excluding hydrogens is 651 g/mol. The molecule has 4 fully saturated rings. The molecule has 0 amide bonds. The first kappa shape index (κ1) is 28.3. The summed E-state index contributed by atoms with van der Waals surface area (Å²) < 4.78 is 4.81. The van der Waals surface area contributed by atoms with E-state index in [1.165, 1.54) is 85.9 Å². The highest BCUT2D eigenvalue weighted by atomic mass is 32.1. The normalized spacial score (nSPS) is 24.2. The number of rotatable bonds is 2. The third-order valence-electron chi connectivity index (χ3n) is 13.8. The molecule has 0 atom stereocenters. The smallest absolute Gasteiger partial charge is 0.235 e. The van der Waals surface area contributed by atoms with Crippen molar-refractivity contribution < 1.29 is 0 Å². The topological polar surface area (TPSA) is 30.7 Å². The van der Waals surface area contributed by atoms with Gasteiger partial charge in [-0.2, -0.15) is 0 Å². The van der Waals surface area contributed by atoms with Crippen molar-refractivity contribution in [3.8, 4) is 28.3 Å². The Labute approximate surface area is 305 Å². The van der Waals surface area contributed by atoms with Crippen LogP contribution in [0.1, 0.15) is 43.2 Å². The summed E-state index contributed by atoms with van der Waals surface area (Å²) in [5.74, 6) is 3.97. The zero-order valence-electron chi connectivity index (χ0n) is 28.7. The molecule has 4 heteroatoms. The van der Waals surface area contributed by atoms with Crippen LogP contribution in [0.2, 0.25) is 0 Å². The van der Waals surface area contributed by atoms with Gasteiger partial charge in [0.15, 0.2) is 0 Å². The van der Waals surface area contributed by atoms with Gasteiger partial charge in [-0.1, -0.05) is 103 Å². The van der Waals surface area contributed by atoms with Gasteiger partial charge in [0.25, 0.3) is 0 Å². The first-order valence-electron chi connectivity index (χ1n) is 19.1. The first-order valence-corrected chi connectivity index (χ1v) is 19.9. The molecule has 4 bridgehead atoms. The molecule has 1 spiro atoms. The highest BCUT2D eigenvalue weighted by molar-refractivity contribution is 7.26. The van der Waals surface area contributed by atoms with Gasteiger partial charge in [0.05, 0.1) is 26.9 Å². The number of fused-ring (bicyclic) bond motifs is 11. The SMILES string of the molecule is c1ccc(-c2nc(-n3c4cc5c(cc4c4c6ccccc6ccc43)-c3ccccc3C53C4CC5CC(C4)CC3C5)nc3c2sc2ccccc23)cc1. The van der Waals surface area contributed by atoms with Crippen molar-refractivity contribution >= 4 is 64.2 Å². The number of benzene rings is 6. The average molecular weight is 686 g/mol. The lowest BCUT2D eigenvalue weighted by molar-refractivity contribution is -0.0399. The molecule has 3 nitrogen and oxygen atoms in total. The van der Waals surface area contributed by atoms with Crippen LogP contribution in [0.25, 0.3) is 81.2 Å². The molecular formula is C48H35N3S. The highest BCUT2D eigenvalue weighted by Gasteiger charge is 2.61. The molecule has 6 aromatic carbocycles. The molecule has 0 N–H and O–H groups in total. The lowest BCUT2D eigenvalue weighted by Crippen LogP contribution is -2.55. The van der Waals surface area contributed by atoms with E-state index in [1.54, 1.807) is 22.5 Å². The van der Waals surface area contributed by atoms with Gasteiger partial charge in [-0.15, -0.1) is 11.3 Å². The van der Waals surface area contributed by atoms with Gasteiger partial charge in [-0.25, -0.2) is 9.97 Å². The van der Waals surface area contributed by atoms with Crippen LogP contribution in [0.5, 0.6) is 0 Å². The molecule has 0 aliphatic heterocycles. The Hall–Kier alpha value is -5.32. The molecule has 0 unspecified atom stereocenters. The maximum Gasteiger partial charge on any atom is 0.235 e. The average Bonchev–Trinajstić information content (AvgIpc) is 3.82. The summed E-state index contributed by atoms with van der Waals surface area (Å²) >= 11 is 1.80. The molecule has 0 radical (unpaired) electrons. The van der Waals surface area contributed by atoms with Crippen molar-refractivity contribution in [3.05, 3.63) is 139 Å². The second kappa shape index (κ2) is 9.96. The van der Waals surface area contributed by atoms with E-state index in [9.17, 15) is 0 Å². The highest BCUT2D eigenvalue weighted by Crippen LogP contribution is 2.69. The maximum atomic E-state index is 5.56. The summed E-state index contributed by atoms with van der Waals surface area (Å²) in [7, 11) is 0. The van der Waals surface area contributed by atoms with E-state index in [2.05, 4.69) is 132 Å². The standard InChI is InChI=1S/C48H35N3S/c1-2-11-30(12-3-1)44-46-45(35-15-7-9-17-42(35)52-46)50-47(49-44)51-40-19-18-29-10-4-5-13-33(29)43(40)37-25-36-34-14-6-8-16-38(34)48(39(36)26-41(37)51)31-21-27-20-28(23-31)24-32(48)22-27/h1-19,25-28,31-32H,20-24H2. The number of hydrogen-bond donors (Lipinski definition) is 0. The predicted octanol–water partition coefficient (Wildman–Crippen LogP) is 12.5. The van der Waals surface area contributed by atoms with Gasteiger partial charge in [-0.3, -0.25) is 4.57 Å². The molecule has 3 heterocycles. The lowest BCUT2D eigenvalue weighted by Gasteiger charge is -2.61. The summed E-state index contributed by atoms with van der Waals surface area (Å²) in [6, 6.07) is 47.6. The van der Waals surface area contributed by atoms with E-state index >= 15 is 0 Å². The fourth-order valence-corrected chi connectivity index (χ4v) is 13.3. The fraction of sp³-hybridized carbons (Fsp3) is 0.208. The van der Waals surface area contributed by atoms with Crippen molar-refractivity contribution in [3.63, 3.8) is 0 Å². The zero-order valence-corrected chi connectivity index (χ0v) is 29.5. The summed E-state index contributed by atoms with van der Waals surface area (Å²) in [5, 5.41) is 6.32. The van der Waals surface area contributed by atoms with Gasteiger partial charge >= 0.3 is 0 Å². The Balaban J connectivity index is 1.19. The Bertz CT molecular complexity index is 2960. The Kier molecular flexibility index (Phi) is 5.42. The van der Waals surface area contributed by atoms with Crippen molar-refractivity contribution in [2.24, 2.45) is 23.7 Å². The van der Waals surface area contributed by atoms with E-state index in [-0.39, 0.29) is 5.41 Å². The number of nitrogens with zero attached hydrogens (tertiary/aromatic N) is 3. The third kappa shape index (κ3) is 3.47. The fourth-order valence-electron chi connectivity index (χ4n) is 12.1. The predicted molar refractivity (Wildman–Crippen MR) is 215 cm³/mol. The number of thiophene rings is 1. The van der Waals surface area contributed by atoms with Gasteiger partial charge in [0, 0.05) is 31.8 Å². The van der Waals surface area contributed by atoms with Gasteiger partial charge < -0.3 is 0 Å². The minimum atomic E-state index is 0.0838. The Morgan fingerprint density at radius 3 is 2.15 bits per heavy atom. The van der Waals surface area contributed by atoms with Crippen LogP contribution in [0.15, 0.2) is 127 Å². The van der Waals surface area contributed by atoms with Crippen molar-refractivity contribution in [2.45, 2.75) is 37.5 Å². The van der Waals surface area contributed by atoms with Gasteiger partial charge in [0.1, 0.15) is 0 Å². The van der Waals surface area contributed by atoms with E-state index < -0.39 is 0 Å². The van der Waals surface area contributed by atoms with Gasteiger partial charge in [0.2, 0.25) is 5.95 Å². The largest absolute Gasteiger partial charge is 0.278 e. The van der Waals surface area contributed by atoms with Crippen molar-refractivity contribution in [1.29, 1.82) is 0 Å². The maximum absolute atomic E-state index is 5.56. The van der Waals surface area contributed by atoms with E-state index in [4.69, 9.17) is 9.97 Å². The Morgan fingerprint density at radius 1 is 0.577 bits per heavy atom. The second-order valence-electron chi connectivity index (χ2n) is 16.2. The molecule has 248 valence electrons. The first-order chi connectivity index (χ1) is 25.7. The minimum absolute atomic E-state index is 0.0838. The molecule has 5 aliphatic rings. The summed E-state index contributed by atoms with van der Waals surface area (Å²) in [6.07, 6.45) is 6.95.